The van der Waals surface area contributed by atoms with Gasteiger partial charge in [-0.05, 0) is 18.1 Å². The number of aromatic amines is 1. The van der Waals surface area contributed by atoms with E-state index in [-0.39, 0.29) is 29.2 Å². The number of fused-ring (bicyclic) bond motifs is 1. The molecular formula is C14H13F3N2O. The van der Waals surface area contributed by atoms with Gasteiger partial charge in [0.15, 0.2) is 0 Å². The minimum absolute atomic E-state index is 0.158. The van der Waals surface area contributed by atoms with E-state index >= 15 is 0 Å². The van der Waals surface area contributed by atoms with E-state index in [1.165, 1.54) is 17.2 Å². The number of nitrogens with zero attached hydrogens (tertiary/aromatic N) is 1. The Balaban J connectivity index is 1.78. The van der Waals surface area contributed by atoms with Gasteiger partial charge in [0.2, 0.25) is 6.43 Å². The molecule has 1 aliphatic heterocycles. The molecule has 1 amide bonds. The summed E-state index contributed by atoms with van der Waals surface area (Å²) in [4.78, 5) is 16.6. The van der Waals surface area contributed by atoms with E-state index in [1.807, 2.05) is 0 Å². The fourth-order valence-electron chi connectivity index (χ4n) is 2.62. The number of rotatable bonds is 3. The molecule has 2 heterocycles. The summed E-state index contributed by atoms with van der Waals surface area (Å²) in [6.07, 6.45) is -1.06. The van der Waals surface area contributed by atoms with Gasteiger partial charge in [-0.15, -0.1) is 0 Å². The number of H-pyrrole nitrogens is 1. The molecule has 1 saturated heterocycles. The molecule has 0 spiro atoms. The van der Waals surface area contributed by atoms with Gasteiger partial charge in [-0.3, -0.25) is 4.79 Å². The van der Waals surface area contributed by atoms with Crippen molar-refractivity contribution in [2.45, 2.75) is 12.8 Å². The highest BCUT2D eigenvalue weighted by Gasteiger charge is 2.34. The monoisotopic (exact) mass is 282 g/mol. The number of carbonyl (C=O) groups is 1. The van der Waals surface area contributed by atoms with Crippen LogP contribution in [0.5, 0.6) is 0 Å². The first kappa shape index (κ1) is 13.0. The zero-order valence-electron chi connectivity index (χ0n) is 10.6. The van der Waals surface area contributed by atoms with Crippen LogP contribution in [0.15, 0.2) is 24.4 Å². The number of hydrogen-bond donors (Lipinski definition) is 1. The number of halogens is 3. The number of benzene rings is 1. The predicted molar refractivity (Wildman–Crippen MR) is 68.3 cm³/mol. The van der Waals surface area contributed by atoms with E-state index < -0.39 is 12.2 Å². The molecule has 1 aliphatic rings. The fourth-order valence-corrected chi connectivity index (χ4v) is 2.62. The quantitative estimate of drug-likeness (QED) is 0.923. The summed E-state index contributed by atoms with van der Waals surface area (Å²) in [5, 5.41) is 0.259. The van der Waals surface area contributed by atoms with Gasteiger partial charge in [0.1, 0.15) is 5.82 Å². The molecule has 1 N–H and O–H groups in total. The van der Waals surface area contributed by atoms with Gasteiger partial charge in [0, 0.05) is 36.6 Å². The fraction of sp³-hybridized carbons (Fsp3) is 0.357. The lowest BCUT2D eigenvalue weighted by Gasteiger charge is -2.39. The summed E-state index contributed by atoms with van der Waals surface area (Å²) in [7, 11) is 0. The number of carbonyl (C=O) groups excluding carboxylic acids is 1. The Labute approximate surface area is 113 Å². The lowest BCUT2D eigenvalue weighted by atomic mass is 9.95. The first-order valence-corrected chi connectivity index (χ1v) is 6.39. The maximum Gasteiger partial charge on any atom is 0.256 e. The molecule has 0 unspecified atom stereocenters. The molecule has 0 atom stereocenters. The third kappa shape index (κ3) is 2.15. The van der Waals surface area contributed by atoms with Gasteiger partial charge in [-0.2, -0.15) is 0 Å². The van der Waals surface area contributed by atoms with Crippen molar-refractivity contribution in [3.8, 4) is 0 Å². The number of nitrogens with one attached hydrogen (secondary N) is 1. The second kappa shape index (κ2) is 4.85. The average Bonchev–Trinajstić information content (AvgIpc) is 2.77. The van der Waals surface area contributed by atoms with Crippen molar-refractivity contribution >= 4 is 16.8 Å². The number of alkyl halides is 2. The first-order chi connectivity index (χ1) is 9.56. The largest absolute Gasteiger partial charge is 0.360 e. The van der Waals surface area contributed by atoms with E-state index in [0.29, 0.717) is 18.6 Å². The summed E-state index contributed by atoms with van der Waals surface area (Å²) in [5.41, 5.74) is 0.812. The maximum absolute atomic E-state index is 13.8. The average molecular weight is 282 g/mol. The Morgan fingerprint density at radius 3 is 2.85 bits per heavy atom. The molecule has 3 nitrogen and oxygen atoms in total. The number of aromatic nitrogens is 1. The second-order valence-corrected chi connectivity index (χ2v) is 5.07. The van der Waals surface area contributed by atoms with Gasteiger partial charge in [0.05, 0.1) is 5.56 Å². The van der Waals surface area contributed by atoms with Gasteiger partial charge < -0.3 is 9.88 Å². The van der Waals surface area contributed by atoms with Crippen LogP contribution in [0.4, 0.5) is 13.2 Å². The Hall–Kier alpha value is -1.98. The van der Waals surface area contributed by atoms with Crippen molar-refractivity contribution in [3.05, 3.63) is 35.8 Å². The van der Waals surface area contributed by atoms with Crippen molar-refractivity contribution in [1.29, 1.82) is 0 Å². The smallest absolute Gasteiger partial charge is 0.256 e. The zero-order valence-corrected chi connectivity index (χ0v) is 10.6. The molecular weight excluding hydrogens is 269 g/mol. The Morgan fingerprint density at radius 2 is 2.15 bits per heavy atom. The topological polar surface area (TPSA) is 36.1 Å². The molecule has 0 bridgehead atoms. The van der Waals surface area contributed by atoms with Crippen molar-refractivity contribution < 1.29 is 18.0 Å². The third-order valence-electron chi connectivity index (χ3n) is 3.64. The first-order valence-electron chi connectivity index (χ1n) is 6.39. The van der Waals surface area contributed by atoms with Crippen LogP contribution in [0.3, 0.4) is 0 Å². The summed E-state index contributed by atoms with van der Waals surface area (Å²) < 4.78 is 38.2. The van der Waals surface area contributed by atoms with Gasteiger partial charge in [-0.1, -0.05) is 6.07 Å². The number of amides is 1. The second-order valence-electron chi connectivity index (χ2n) is 5.07. The molecule has 6 heteroatoms. The highest BCUT2D eigenvalue weighted by Crippen LogP contribution is 2.28. The SMILES string of the molecule is O=C(c1c[nH]c2cccc(F)c12)N1CC(CC(F)F)C1. The number of hydrogen-bond acceptors (Lipinski definition) is 1. The minimum atomic E-state index is -2.34. The summed E-state index contributed by atoms with van der Waals surface area (Å²) in [5.74, 6) is -0.933. The van der Waals surface area contributed by atoms with E-state index in [1.54, 1.807) is 12.1 Å². The van der Waals surface area contributed by atoms with Crippen LogP contribution in [-0.4, -0.2) is 35.3 Å². The van der Waals surface area contributed by atoms with Crippen LogP contribution in [0.25, 0.3) is 10.9 Å². The molecule has 1 aromatic carbocycles. The summed E-state index contributed by atoms with van der Waals surface area (Å²) in [6, 6.07) is 4.54. The zero-order chi connectivity index (χ0) is 14.3. The third-order valence-corrected chi connectivity index (χ3v) is 3.64. The Bertz CT molecular complexity index is 647. The van der Waals surface area contributed by atoms with Crippen molar-refractivity contribution in [2.24, 2.45) is 5.92 Å². The van der Waals surface area contributed by atoms with Crippen molar-refractivity contribution in [2.75, 3.05) is 13.1 Å². The molecule has 20 heavy (non-hydrogen) atoms. The standard InChI is InChI=1S/C14H13F3N2O/c15-10-2-1-3-11-13(10)9(5-18-11)14(20)19-6-8(7-19)4-12(16)17/h1-3,5,8,12,18H,4,6-7H2. The molecule has 0 aliphatic carbocycles. The molecule has 0 saturated carbocycles. The van der Waals surface area contributed by atoms with Gasteiger partial charge >= 0.3 is 0 Å². The minimum Gasteiger partial charge on any atom is -0.360 e. The van der Waals surface area contributed by atoms with Crippen LogP contribution in [-0.2, 0) is 0 Å². The molecule has 1 aromatic heterocycles. The van der Waals surface area contributed by atoms with Crippen molar-refractivity contribution in [1.82, 2.24) is 9.88 Å². The lowest BCUT2D eigenvalue weighted by Crippen LogP contribution is -2.50. The molecule has 0 radical (unpaired) electrons. The Morgan fingerprint density at radius 1 is 1.40 bits per heavy atom. The van der Waals surface area contributed by atoms with Crippen LogP contribution >= 0.6 is 0 Å². The highest BCUT2D eigenvalue weighted by molar-refractivity contribution is 6.07. The van der Waals surface area contributed by atoms with Gasteiger partial charge in [0.25, 0.3) is 5.91 Å². The van der Waals surface area contributed by atoms with Crippen LogP contribution in [0.1, 0.15) is 16.8 Å². The molecule has 1 fully saturated rings. The summed E-state index contributed by atoms with van der Waals surface area (Å²) >= 11 is 0. The van der Waals surface area contributed by atoms with Crippen LogP contribution < -0.4 is 0 Å². The number of likely N-dealkylation sites (tertiary alicyclic amines) is 1. The molecule has 3 rings (SSSR count). The van der Waals surface area contributed by atoms with E-state index in [2.05, 4.69) is 4.98 Å². The van der Waals surface area contributed by atoms with E-state index in [4.69, 9.17) is 0 Å². The molecule has 106 valence electrons. The van der Waals surface area contributed by atoms with E-state index in [9.17, 15) is 18.0 Å². The highest BCUT2D eigenvalue weighted by atomic mass is 19.3. The van der Waals surface area contributed by atoms with Crippen molar-refractivity contribution in [3.63, 3.8) is 0 Å². The van der Waals surface area contributed by atoms with Gasteiger partial charge in [-0.25, -0.2) is 13.2 Å². The normalized spacial score (nSPS) is 15.9. The predicted octanol–water partition coefficient (Wildman–Crippen LogP) is 3.03. The van der Waals surface area contributed by atoms with Crippen LogP contribution in [0, 0.1) is 11.7 Å². The Kier molecular flexibility index (Phi) is 3.16. The molecule has 2 aromatic rings. The maximum atomic E-state index is 13.8. The summed E-state index contributed by atoms with van der Waals surface area (Å²) in [6.45, 7) is 0.620. The van der Waals surface area contributed by atoms with Crippen LogP contribution in [0.2, 0.25) is 0 Å². The van der Waals surface area contributed by atoms with E-state index in [0.717, 1.165) is 0 Å². The lowest BCUT2D eigenvalue weighted by molar-refractivity contribution is 0.0282.